The summed E-state index contributed by atoms with van der Waals surface area (Å²) in [5, 5.41) is 16.9. The molecule has 0 spiro atoms. The second-order valence-electron chi connectivity index (χ2n) is 6.67. The molecule has 29 heavy (non-hydrogen) atoms. The van der Waals surface area contributed by atoms with Gasteiger partial charge in [-0.25, -0.2) is 13.4 Å². The first kappa shape index (κ1) is 20.5. The highest BCUT2D eigenvalue weighted by Crippen LogP contribution is 2.35. The maximum atomic E-state index is 12.4. The van der Waals surface area contributed by atoms with Gasteiger partial charge in [-0.2, -0.15) is 5.10 Å². The Bertz CT molecular complexity index is 1100. The summed E-state index contributed by atoms with van der Waals surface area (Å²) < 4.78 is 25.4. The minimum atomic E-state index is -3.43. The highest BCUT2D eigenvalue weighted by molar-refractivity contribution is 7.92. The largest absolute Gasteiger partial charge is 0.284 e. The zero-order chi connectivity index (χ0) is 21.2. The Morgan fingerprint density at radius 3 is 2.66 bits per heavy atom. The van der Waals surface area contributed by atoms with Crippen molar-refractivity contribution in [3.8, 4) is 0 Å². The molecular formula is C19H20N4O5S. The minimum absolute atomic E-state index is 0.0563. The van der Waals surface area contributed by atoms with E-state index in [2.05, 4.69) is 9.82 Å². The van der Waals surface area contributed by atoms with Crippen LogP contribution in [-0.2, 0) is 14.8 Å². The lowest BCUT2D eigenvalue weighted by molar-refractivity contribution is -0.384. The SMILES string of the molecule is CCC(=O)N1N=C(c2cccc(NS(C)(=O)=O)c2)C[C@H]1c1cccc([N+](=O)[O-])c1. The number of nitrogens with zero attached hydrogens (tertiary/aromatic N) is 3. The molecule has 0 bridgehead atoms. The van der Waals surface area contributed by atoms with E-state index in [-0.39, 0.29) is 18.0 Å². The van der Waals surface area contributed by atoms with E-state index in [4.69, 9.17) is 0 Å². The average Bonchev–Trinajstić information content (AvgIpc) is 3.12. The molecule has 10 heteroatoms. The molecule has 0 saturated carbocycles. The number of amides is 1. The molecule has 152 valence electrons. The number of nitro benzene ring substituents is 1. The minimum Gasteiger partial charge on any atom is -0.284 e. The predicted octanol–water partition coefficient (Wildman–Crippen LogP) is 3.05. The number of anilines is 1. The number of rotatable bonds is 6. The van der Waals surface area contributed by atoms with E-state index in [1.54, 1.807) is 43.3 Å². The van der Waals surface area contributed by atoms with Crippen LogP contribution in [0.25, 0.3) is 0 Å². The van der Waals surface area contributed by atoms with Gasteiger partial charge in [-0.05, 0) is 23.3 Å². The highest BCUT2D eigenvalue weighted by atomic mass is 32.2. The van der Waals surface area contributed by atoms with Crippen LogP contribution in [-0.4, -0.2) is 36.2 Å². The van der Waals surface area contributed by atoms with Crippen LogP contribution in [0.5, 0.6) is 0 Å². The average molecular weight is 416 g/mol. The number of hydrogen-bond donors (Lipinski definition) is 1. The van der Waals surface area contributed by atoms with Gasteiger partial charge in [0.05, 0.1) is 22.9 Å². The van der Waals surface area contributed by atoms with Crippen LogP contribution in [0.1, 0.15) is 36.9 Å². The van der Waals surface area contributed by atoms with E-state index in [1.807, 2.05) is 0 Å². The molecular weight excluding hydrogens is 396 g/mol. The van der Waals surface area contributed by atoms with Crippen molar-refractivity contribution >= 4 is 33.0 Å². The van der Waals surface area contributed by atoms with Crippen molar-refractivity contribution in [1.82, 2.24) is 5.01 Å². The molecule has 0 saturated heterocycles. The molecule has 2 aromatic carbocycles. The van der Waals surface area contributed by atoms with Gasteiger partial charge < -0.3 is 0 Å². The molecule has 1 aliphatic heterocycles. The van der Waals surface area contributed by atoms with Gasteiger partial charge in [-0.15, -0.1) is 0 Å². The first-order valence-corrected chi connectivity index (χ1v) is 10.8. The van der Waals surface area contributed by atoms with Crippen LogP contribution in [0.2, 0.25) is 0 Å². The van der Waals surface area contributed by atoms with E-state index < -0.39 is 21.0 Å². The molecule has 9 nitrogen and oxygen atoms in total. The van der Waals surface area contributed by atoms with Crippen LogP contribution >= 0.6 is 0 Å². The topological polar surface area (TPSA) is 122 Å². The van der Waals surface area contributed by atoms with Crippen LogP contribution < -0.4 is 4.72 Å². The van der Waals surface area contributed by atoms with Gasteiger partial charge in [0.25, 0.3) is 5.69 Å². The van der Waals surface area contributed by atoms with E-state index >= 15 is 0 Å². The van der Waals surface area contributed by atoms with Gasteiger partial charge in [0.1, 0.15) is 0 Å². The quantitative estimate of drug-likeness (QED) is 0.573. The van der Waals surface area contributed by atoms with Crippen LogP contribution in [0.15, 0.2) is 53.6 Å². The third kappa shape index (κ3) is 4.77. The molecule has 2 aromatic rings. The smallest absolute Gasteiger partial charge is 0.269 e. The Balaban J connectivity index is 1.96. The maximum absolute atomic E-state index is 12.4. The molecule has 1 aliphatic rings. The van der Waals surface area contributed by atoms with Crippen LogP contribution in [0.3, 0.4) is 0 Å². The molecule has 1 amide bonds. The first-order chi connectivity index (χ1) is 13.7. The van der Waals surface area contributed by atoms with Gasteiger partial charge in [-0.1, -0.05) is 31.2 Å². The number of hydrazone groups is 1. The fourth-order valence-corrected chi connectivity index (χ4v) is 3.71. The summed E-state index contributed by atoms with van der Waals surface area (Å²) in [5.74, 6) is -0.207. The molecule has 1 heterocycles. The summed E-state index contributed by atoms with van der Waals surface area (Å²) in [6.07, 6.45) is 1.65. The zero-order valence-corrected chi connectivity index (χ0v) is 16.7. The van der Waals surface area contributed by atoms with Gasteiger partial charge >= 0.3 is 0 Å². The zero-order valence-electron chi connectivity index (χ0n) is 15.9. The lowest BCUT2D eigenvalue weighted by atomic mass is 9.97. The number of hydrogen-bond acceptors (Lipinski definition) is 6. The number of nitrogens with one attached hydrogen (secondary N) is 1. The highest BCUT2D eigenvalue weighted by Gasteiger charge is 2.33. The van der Waals surface area contributed by atoms with Crippen molar-refractivity contribution in [2.45, 2.75) is 25.8 Å². The fraction of sp³-hybridized carbons (Fsp3) is 0.263. The van der Waals surface area contributed by atoms with Crippen molar-refractivity contribution in [3.05, 3.63) is 69.8 Å². The monoisotopic (exact) mass is 416 g/mol. The maximum Gasteiger partial charge on any atom is 0.269 e. The molecule has 0 aromatic heterocycles. The van der Waals surface area contributed by atoms with Crippen LogP contribution in [0, 0.1) is 10.1 Å². The summed E-state index contributed by atoms with van der Waals surface area (Å²) in [5.41, 5.74) is 2.21. The molecule has 1 atom stereocenters. The van der Waals surface area contributed by atoms with Crippen molar-refractivity contribution in [3.63, 3.8) is 0 Å². The van der Waals surface area contributed by atoms with Gasteiger partial charge in [-0.3, -0.25) is 19.6 Å². The van der Waals surface area contributed by atoms with Gasteiger partial charge in [0.2, 0.25) is 15.9 Å². The number of nitro groups is 1. The number of carbonyl (C=O) groups excluding carboxylic acids is 1. The molecule has 0 fully saturated rings. The summed E-state index contributed by atoms with van der Waals surface area (Å²) in [6, 6.07) is 12.4. The molecule has 0 aliphatic carbocycles. The Hall–Kier alpha value is -3.27. The summed E-state index contributed by atoms with van der Waals surface area (Å²) in [7, 11) is -3.43. The summed E-state index contributed by atoms with van der Waals surface area (Å²) >= 11 is 0. The third-order valence-corrected chi connectivity index (χ3v) is 5.04. The van der Waals surface area contributed by atoms with Crippen molar-refractivity contribution in [2.24, 2.45) is 5.10 Å². The van der Waals surface area contributed by atoms with E-state index in [0.29, 0.717) is 28.9 Å². The Labute approximate surface area is 168 Å². The van der Waals surface area contributed by atoms with Crippen molar-refractivity contribution in [2.75, 3.05) is 11.0 Å². The number of non-ortho nitro benzene ring substituents is 1. The Kier molecular flexibility index (Phi) is 5.64. The standard InChI is InChI=1S/C19H20N4O5S/c1-3-19(24)22-18(14-7-5-9-16(11-14)23(25)26)12-17(20-22)13-6-4-8-15(10-13)21-29(2,27)28/h4-11,18,21H,3,12H2,1-2H3/t18-/m0/s1. The summed E-state index contributed by atoms with van der Waals surface area (Å²) in [6.45, 7) is 1.72. The molecule has 0 unspecified atom stereocenters. The first-order valence-electron chi connectivity index (χ1n) is 8.90. The molecule has 0 radical (unpaired) electrons. The predicted molar refractivity (Wildman–Crippen MR) is 109 cm³/mol. The van der Waals surface area contributed by atoms with Gasteiger partial charge in [0, 0.05) is 30.7 Å². The lowest BCUT2D eigenvalue weighted by Gasteiger charge is -2.21. The van der Waals surface area contributed by atoms with Crippen molar-refractivity contribution < 1.29 is 18.1 Å². The van der Waals surface area contributed by atoms with E-state index in [9.17, 15) is 23.3 Å². The second-order valence-corrected chi connectivity index (χ2v) is 8.41. The lowest BCUT2D eigenvalue weighted by Crippen LogP contribution is -2.26. The van der Waals surface area contributed by atoms with Crippen molar-refractivity contribution in [1.29, 1.82) is 0 Å². The second kappa shape index (κ2) is 8.00. The number of sulfonamides is 1. The van der Waals surface area contributed by atoms with E-state index in [1.165, 1.54) is 17.1 Å². The number of benzene rings is 2. The normalized spacial score (nSPS) is 16.4. The Morgan fingerprint density at radius 1 is 1.28 bits per heavy atom. The fourth-order valence-electron chi connectivity index (χ4n) is 3.16. The third-order valence-electron chi connectivity index (χ3n) is 4.43. The molecule has 1 N–H and O–H groups in total. The molecule has 3 rings (SSSR count). The summed E-state index contributed by atoms with van der Waals surface area (Å²) in [4.78, 5) is 23.1. The van der Waals surface area contributed by atoms with Crippen LogP contribution in [0.4, 0.5) is 11.4 Å². The van der Waals surface area contributed by atoms with Gasteiger partial charge in [0.15, 0.2) is 0 Å². The Morgan fingerprint density at radius 2 is 2.00 bits per heavy atom. The van der Waals surface area contributed by atoms with E-state index in [0.717, 1.165) is 6.26 Å². The number of carbonyl (C=O) groups is 1.